The Labute approximate surface area is 224 Å². The maximum Gasteiger partial charge on any atom is 0.321 e. The summed E-state index contributed by atoms with van der Waals surface area (Å²) in [5.41, 5.74) is 2.05. The van der Waals surface area contributed by atoms with E-state index >= 15 is 0 Å². The molecule has 1 aliphatic rings. The van der Waals surface area contributed by atoms with Crippen LogP contribution in [0.5, 0.6) is 0 Å². The fraction of sp³-hybridized carbons (Fsp3) is 0.370. The Hall–Kier alpha value is -2.86. The summed E-state index contributed by atoms with van der Waals surface area (Å²) in [6.07, 6.45) is 5.03. The maximum absolute atomic E-state index is 13.9. The van der Waals surface area contributed by atoms with Gasteiger partial charge in [-0.3, -0.25) is 4.79 Å². The minimum absolute atomic E-state index is 0.0336. The van der Waals surface area contributed by atoms with Gasteiger partial charge in [-0.1, -0.05) is 37.3 Å². The molecule has 0 atom stereocenters. The minimum Gasteiger partial charge on any atom is -0.465 e. The Morgan fingerprint density at radius 3 is 1.97 bits per heavy atom. The van der Waals surface area contributed by atoms with E-state index in [0.29, 0.717) is 24.0 Å². The first-order chi connectivity index (χ1) is 18.0. The molecule has 11 heteroatoms. The number of halogens is 1. The van der Waals surface area contributed by atoms with E-state index in [1.54, 1.807) is 32.0 Å². The van der Waals surface area contributed by atoms with E-state index in [2.05, 4.69) is 0 Å². The van der Waals surface area contributed by atoms with Gasteiger partial charge in [0.1, 0.15) is 12.4 Å². The molecule has 1 aliphatic carbocycles. The lowest BCUT2D eigenvalue weighted by Crippen LogP contribution is -2.39. The highest BCUT2D eigenvalue weighted by atomic mass is 32.2. The number of rotatable bonds is 12. The highest BCUT2D eigenvalue weighted by molar-refractivity contribution is 7.89. The molecule has 0 heterocycles. The van der Waals surface area contributed by atoms with E-state index < -0.39 is 38.4 Å². The molecule has 0 radical (unpaired) electrons. The third-order valence-corrected chi connectivity index (χ3v) is 9.78. The maximum atomic E-state index is 13.9. The van der Waals surface area contributed by atoms with Crippen molar-refractivity contribution in [1.82, 2.24) is 8.61 Å². The molecule has 2 aromatic rings. The summed E-state index contributed by atoms with van der Waals surface area (Å²) in [5.74, 6) is -1.47. The number of likely N-dealkylation sites (N-methyl/N-ethyl adjacent to an activating group) is 1. The Balaban J connectivity index is 1.92. The highest BCUT2D eigenvalue weighted by Crippen LogP contribution is 2.27. The Morgan fingerprint density at radius 1 is 0.868 bits per heavy atom. The second kappa shape index (κ2) is 12.8. The van der Waals surface area contributed by atoms with Crippen molar-refractivity contribution in [3.63, 3.8) is 0 Å². The number of nitrogens with zero attached hydrogens (tertiary/aromatic N) is 2. The number of sulfonamides is 2. The zero-order chi connectivity index (χ0) is 27.9. The van der Waals surface area contributed by atoms with Crippen LogP contribution in [0.15, 0.2) is 81.6 Å². The van der Waals surface area contributed by atoms with Crippen LogP contribution in [-0.2, 0) is 29.6 Å². The number of aryl methyl sites for hydroxylation is 1. The van der Waals surface area contributed by atoms with Gasteiger partial charge in [0.15, 0.2) is 0 Å². The van der Waals surface area contributed by atoms with Gasteiger partial charge in [0, 0.05) is 19.6 Å². The van der Waals surface area contributed by atoms with Crippen LogP contribution in [0.3, 0.4) is 0 Å². The number of carbonyl (C=O) groups is 1. The van der Waals surface area contributed by atoms with Crippen molar-refractivity contribution in [3.8, 4) is 0 Å². The molecule has 38 heavy (non-hydrogen) atoms. The lowest BCUT2D eigenvalue weighted by molar-refractivity contribution is -0.143. The molecule has 0 unspecified atom stereocenters. The van der Waals surface area contributed by atoms with Crippen molar-refractivity contribution in [3.05, 3.63) is 83.2 Å². The van der Waals surface area contributed by atoms with Crippen LogP contribution in [0.25, 0.3) is 0 Å². The number of benzene rings is 2. The number of carbonyl (C=O) groups excluding carboxylic acids is 1. The molecule has 2 aromatic carbocycles. The van der Waals surface area contributed by atoms with Gasteiger partial charge in [0.05, 0.1) is 16.4 Å². The van der Waals surface area contributed by atoms with Crippen molar-refractivity contribution in [2.45, 2.75) is 43.4 Å². The molecule has 0 fully saturated rings. The van der Waals surface area contributed by atoms with Crippen LogP contribution in [0, 0.1) is 12.7 Å². The summed E-state index contributed by atoms with van der Waals surface area (Å²) in [7, 11) is -8.09. The van der Waals surface area contributed by atoms with E-state index in [-0.39, 0.29) is 36.0 Å². The number of allylic oxidation sites excluding steroid dienone is 2. The molecule has 206 valence electrons. The van der Waals surface area contributed by atoms with E-state index in [1.807, 2.05) is 25.1 Å². The van der Waals surface area contributed by atoms with Gasteiger partial charge >= 0.3 is 5.97 Å². The lowest BCUT2D eigenvalue weighted by atomic mass is 9.97. The number of hydrogen-bond donors (Lipinski definition) is 0. The molecule has 8 nitrogen and oxygen atoms in total. The van der Waals surface area contributed by atoms with Gasteiger partial charge in [0.25, 0.3) is 0 Å². The predicted molar refractivity (Wildman–Crippen MR) is 143 cm³/mol. The third-order valence-electron chi connectivity index (χ3n) is 6.08. The van der Waals surface area contributed by atoms with E-state index in [1.165, 1.54) is 16.4 Å². The SMILES string of the molecule is CCOC(=O)CN(CC1=CCCC=C1CN(CC)S(=O)(=O)c1cccc(C)c1)S(=O)(=O)c1cccc(F)c1. The summed E-state index contributed by atoms with van der Waals surface area (Å²) in [6.45, 7) is 4.70. The first kappa shape index (κ1) is 29.7. The molecule has 0 N–H and O–H groups in total. The van der Waals surface area contributed by atoms with Crippen molar-refractivity contribution >= 4 is 26.0 Å². The monoisotopic (exact) mass is 564 g/mol. The second-order valence-corrected chi connectivity index (χ2v) is 12.7. The quantitative estimate of drug-likeness (QED) is 0.361. The number of ether oxygens (including phenoxy) is 1. The Morgan fingerprint density at radius 2 is 1.42 bits per heavy atom. The van der Waals surface area contributed by atoms with Gasteiger partial charge < -0.3 is 4.74 Å². The molecule has 0 aromatic heterocycles. The second-order valence-electron chi connectivity index (χ2n) is 8.82. The van der Waals surface area contributed by atoms with Gasteiger partial charge in [0.2, 0.25) is 20.0 Å². The topological polar surface area (TPSA) is 101 Å². The Bertz CT molecular complexity index is 1430. The van der Waals surface area contributed by atoms with Gasteiger partial charge in [-0.25, -0.2) is 21.2 Å². The smallest absolute Gasteiger partial charge is 0.321 e. The normalized spacial score (nSPS) is 14.4. The molecule has 0 spiro atoms. The molecule has 0 aliphatic heterocycles. The Kier molecular flexibility index (Phi) is 10.00. The van der Waals surface area contributed by atoms with E-state index in [9.17, 15) is 26.0 Å². The van der Waals surface area contributed by atoms with E-state index in [4.69, 9.17) is 4.74 Å². The van der Waals surface area contributed by atoms with Crippen LogP contribution in [0.2, 0.25) is 0 Å². The summed E-state index contributed by atoms with van der Waals surface area (Å²) < 4.78 is 74.8. The first-order valence-electron chi connectivity index (χ1n) is 12.4. The average molecular weight is 565 g/mol. The minimum atomic E-state index is -4.28. The highest BCUT2D eigenvalue weighted by Gasteiger charge is 2.31. The van der Waals surface area contributed by atoms with Crippen LogP contribution in [0.4, 0.5) is 4.39 Å². The standard InChI is InChI=1S/C27H33FN2O6S2/c1-4-29(37(32,33)25-14-8-10-21(3)16-25)18-22-11-6-7-12-23(22)19-30(20-27(31)36-5-2)38(34,35)26-15-9-13-24(28)17-26/h8-17H,4-7,18-20H2,1-3H3. The van der Waals surface area contributed by atoms with Crippen LogP contribution in [-0.4, -0.2) is 64.2 Å². The lowest BCUT2D eigenvalue weighted by Gasteiger charge is -2.28. The summed E-state index contributed by atoms with van der Waals surface area (Å²) in [4.78, 5) is 12.2. The number of esters is 1. The van der Waals surface area contributed by atoms with Crippen molar-refractivity contribution in [2.24, 2.45) is 0 Å². The molecule has 0 bridgehead atoms. The fourth-order valence-electron chi connectivity index (χ4n) is 4.13. The predicted octanol–water partition coefficient (Wildman–Crippen LogP) is 4.05. The average Bonchev–Trinajstić information content (AvgIpc) is 2.87. The fourth-order valence-corrected chi connectivity index (χ4v) is 7.06. The van der Waals surface area contributed by atoms with Gasteiger partial charge in [-0.15, -0.1) is 0 Å². The van der Waals surface area contributed by atoms with Gasteiger partial charge in [-0.2, -0.15) is 8.61 Å². The summed E-state index contributed by atoms with van der Waals surface area (Å²) >= 11 is 0. The van der Waals surface area contributed by atoms with Crippen molar-refractivity contribution < 1.29 is 30.8 Å². The van der Waals surface area contributed by atoms with Gasteiger partial charge in [-0.05, 0) is 73.7 Å². The summed E-state index contributed by atoms with van der Waals surface area (Å²) in [5, 5.41) is 0. The number of hydrogen-bond acceptors (Lipinski definition) is 6. The molecular formula is C27H33FN2O6S2. The van der Waals surface area contributed by atoms with E-state index in [0.717, 1.165) is 22.0 Å². The molecule has 0 saturated heterocycles. The van der Waals surface area contributed by atoms with Crippen LogP contribution >= 0.6 is 0 Å². The first-order valence-corrected chi connectivity index (χ1v) is 15.2. The molecular weight excluding hydrogens is 531 g/mol. The molecule has 0 saturated carbocycles. The zero-order valence-electron chi connectivity index (χ0n) is 21.8. The van der Waals surface area contributed by atoms with Crippen molar-refractivity contribution in [2.75, 3.05) is 32.8 Å². The molecule has 0 amide bonds. The third kappa shape index (κ3) is 7.16. The molecule has 3 rings (SSSR count). The van der Waals surface area contributed by atoms with Crippen LogP contribution in [0.1, 0.15) is 32.3 Å². The zero-order valence-corrected chi connectivity index (χ0v) is 23.4. The van der Waals surface area contributed by atoms with Crippen LogP contribution < -0.4 is 0 Å². The summed E-state index contributed by atoms with van der Waals surface area (Å²) in [6, 6.07) is 11.2. The largest absolute Gasteiger partial charge is 0.465 e. The van der Waals surface area contributed by atoms with Crippen molar-refractivity contribution in [1.29, 1.82) is 0 Å².